The van der Waals surface area contributed by atoms with Gasteiger partial charge in [0.2, 0.25) is 0 Å². The standard InChI is InChI=1S/C13H22N2S/c1-9-4-5-12(6-10(9)2)15-8-13-7-14-11(3)16-13/h7,9-10,12,15H,4-6,8H2,1-3H3. The third-order valence-corrected chi connectivity index (χ3v) is 4.75. The molecule has 0 bridgehead atoms. The number of aryl methyl sites for hydroxylation is 1. The zero-order valence-corrected chi connectivity index (χ0v) is 11.3. The molecular formula is C13H22N2S. The van der Waals surface area contributed by atoms with Crippen LogP contribution in [0.25, 0.3) is 0 Å². The fraction of sp³-hybridized carbons (Fsp3) is 0.769. The quantitative estimate of drug-likeness (QED) is 0.873. The molecule has 0 aromatic carbocycles. The van der Waals surface area contributed by atoms with Crippen LogP contribution in [0.15, 0.2) is 6.20 Å². The van der Waals surface area contributed by atoms with Crippen LogP contribution in [0.2, 0.25) is 0 Å². The molecule has 1 aliphatic carbocycles. The van der Waals surface area contributed by atoms with E-state index in [2.05, 4.69) is 31.1 Å². The van der Waals surface area contributed by atoms with Crippen molar-refractivity contribution in [2.24, 2.45) is 11.8 Å². The van der Waals surface area contributed by atoms with Gasteiger partial charge in [0.25, 0.3) is 0 Å². The van der Waals surface area contributed by atoms with Crippen LogP contribution >= 0.6 is 11.3 Å². The van der Waals surface area contributed by atoms with Gasteiger partial charge >= 0.3 is 0 Å². The smallest absolute Gasteiger partial charge is 0.0897 e. The molecule has 1 heterocycles. The Morgan fingerprint density at radius 1 is 1.38 bits per heavy atom. The highest BCUT2D eigenvalue weighted by Gasteiger charge is 2.23. The van der Waals surface area contributed by atoms with Crippen molar-refractivity contribution >= 4 is 11.3 Å². The zero-order chi connectivity index (χ0) is 11.5. The Hall–Kier alpha value is -0.410. The maximum absolute atomic E-state index is 4.29. The van der Waals surface area contributed by atoms with Crippen molar-refractivity contribution in [3.63, 3.8) is 0 Å². The van der Waals surface area contributed by atoms with Crippen molar-refractivity contribution in [1.29, 1.82) is 0 Å². The third kappa shape index (κ3) is 3.05. The van der Waals surface area contributed by atoms with E-state index in [0.717, 1.165) is 18.4 Å². The van der Waals surface area contributed by atoms with E-state index in [-0.39, 0.29) is 0 Å². The molecule has 1 aromatic rings. The predicted molar refractivity (Wildman–Crippen MR) is 69.7 cm³/mol. The summed E-state index contributed by atoms with van der Waals surface area (Å²) in [6, 6.07) is 0.716. The van der Waals surface area contributed by atoms with Gasteiger partial charge in [-0.2, -0.15) is 0 Å². The van der Waals surface area contributed by atoms with Crippen molar-refractivity contribution in [2.45, 2.75) is 52.6 Å². The molecule has 2 nitrogen and oxygen atoms in total. The summed E-state index contributed by atoms with van der Waals surface area (Å²) >= 11 is 1.80. The SMILES string of the molecule is Cc1ncc(CNC2CCC(C)C(C)C2)s1. The van der Waals surface area contributed by atoms with Crippen molar-refractivity contribution in [3.8, 4) is 0 Å². The molecule has 0 radical (unpaired) electrons. The number of nitrogens with zero attached hydrogens (tertiary/aromatic N) is 1. The molecule has 1 N–H and O–H groups in total. The average molecular weight is 238 g/mol. The van der Waals surface area contributed by atoms with E-state index in [0.29, 0.717) is 6.04 Å². The molecule has 1 aromatic heterocycles. The van der Waals surface area contributed by atoms with Gasteiger partial charge in [-0.15, -0.1) is 11.3 Å². The second-order valence-electron chi connectivity index (χ2n) is 5.19. The number of thiazole rings is 1. The van der Waals surface area contributed by atoms with E-state index in [1.165, 1.54) is 29.1 Å². The van der Waals surface area contributed by atoms with Crippen LogP contribution in [0.3, 0.4) is 0 Å². The normalized spacial score (nSPS) is 30.6. The topological polar surface area (TPSA) is 24.9 Å². The van der Waals surface area contributed by atoms with E-state index in [4.69, 9.17) is 0 Å². The average Bonchev–Trinajstić information content (AvgIpc) is 2.66. The highest BCUT2D eigenvalue weighted by atomic mass is 32.1. The van der Waals surface area contributed by atoms with Crippen molar-refractivity contribution < 1.29 is 0 Å². The molecule has 16 heavy (non-hydrogen) atoms. The van der Waals surface area contributed by atoms with E-state index >= 15 is 0 Å². The summed E-state index contributed by atoms with van der Waals surface area (Å²) in [5.41, 5.74) is 0. The summed E-state index contributed by atoms with van der Waals surface area (Å²) in [4.78, 5) is 5.65. The molecule has 3 unspecified atom stereocenters. The summed E-state index contributed by atoms with van der Waals surface area (Å²) < 4.78 is 0. The number of rotatable bonds is 3. The van der Waals surface area contributed by atoms with Crippen LogP contribution in [0, 0.1) is 18.8 Å². The van der Waals surface area contributed by atoms with E-state index in [1.807, 2.05) is 6.20 Å². The van der Waals surface area contributed by atoms with E-state index in [9.17, 15) is 0 Å². The van der Waals surface area contributed by atoms with Gasteiger partial charge in [-0.25, -0.2) is 4.98 Å². The first-order chi connectivity index (χ1) is 7.65. The van der Waals surface area contributed by atoms with Gasteiger partial charge in [-0.1, -0.05) is 13.8 Å². The molecule has 0 saturated heterocycles. The minimum atomic E-state index is 0.716. The van der Waals surface area contributed by atoms with Gasteiger partial charge < -0.3 is 5.32 Å². The first kappa shape index (κ1) is 12.1. The Morgan fingerprint density at radius 2 is 2.19 bits per heavy atom. The molecule has 3 atom stereocenters. The van der Waals surface area contributed by atoms with Crippen molar-refractivity contribution in [2.75, 3.05) is 0 Å². The zero-order valence-electron chi connectivity index (χ0n) is 10.5. The summed E-state index contributed by atoms with van der Waals surface area (Å²) in [5, 5.41) is 4.84. The summed E-state index contributed by atoms with van der Waals surface area (Å²) in [5.74, 6) is 1.78. The third-order valence-electron chi connectivity index (χ3n) is 3.83. The molecule has 0 aliphatic heterocycles. The summed E-state index contributed by atoms with van der Waals surface area (Å²) in [6.45, 7) is 7.83. The number of hydrogen-bond donors (Lipinski definition) is 1. The van der Waals surface area contributed by atoms with Crippen LogP contribution in [0.5, 0.6) is 0 Å². The lowest BCUT2D eigenvalue weighted by molar-refractivity contribution is 0.226. The van der Waals surface area contributed by atoms with Gasteiger partial charge in [-0.3, -0.25) is 0 Å². The monoisotopic (exact) mass is 238 g/mol. The van der Waals surface area contributed by atoms with Crippen LogP contribution in [0.4, 0.5) is 0 Å². The minimum absolute atomic E-state index is 0.716. The molecule has 1 saturated carbocycles. The minimum Gasteiger partial charge on any atom is -0.309 e. The van der Waals surface area contributed by atoms with Crippen molar-refractivity contribution in [3.05, 3.63) is 16.1 Å². The molecule has 1 fully saturated rings. The van der Waals surface area contributed by atoms with E-state index in [1.54, 1.807) is 11.3 Å². The molecule has 90 valence electrons. The number of nitrogens with one attached hydrogen (secondary N) is 1. The highest BCUT2D eigenvalue weighted by molar-refractivity contribution is 7.11. The van der Waals surface area contributed by atoms with Gasteiger partial charge in [0.05, 0.1) is 5.01 Å². The van der Waals surface area contributed by atoms with Crippen LogP contribution < -0.4 is 5.32 Å². The predicted octanol–water partition coefficient (Wildman–Crippen LogP) is 3.37. The van der Waals surface area contributed by atoms with Gasteiger partial charge in [0.1, 0.15) is 0 Å². The largest absolute Gasteiger partial charge is 0.309 e. The number of aromatic nitrogens is 1. The first-order valence-electron chi connectivity index (χ1n) is 6.30. The van der Waals surface area contributed by atoms with Crippen molar-refractivity contribution in [1.82, 2.24) is 10.3 Å². The molecule has 3 heteroatoms. The van der Waals surface area contributed by atoms with Crippen LogP contribution in [-0.2, 0) is 6.54 Å². The fourth-order valence-corrected chi connectivity index (χ4v) is 3.21. The van der Waals surface area contributed by atoms with Gasteiger partial charge in [0.15, 0.2) is 0 Å². The summed E-state index contributed by atoms with van der Waals surface area (Å²) in [7, 11) is 0. The maximum Gasteiger partial charge on any atom is 0.0897 e. The molecule has 2 rings (SSSR count). The maximum atomic E-state index is 4.29. The molecule has 1 aliphatic rings. The van der Waals surface area contributed by atoms with E-state index < -0.39 is 0 Å². The fourth-order valence-electron chi connectivity index (χ4n) is 2.46. The van der Waals surface area contributed by atoms with Crippen LogP contribution in [-0.4, -0.2) is 11.0 Å². The molecule has 0 amide bonds. The molecular weight excluding hydrogens is 216 g/mol. The lowest BCUT2D eigenvalue weighted by Crippen LogP contribution is -2.35. The Morgan fingerprint density at radius 3 is 2.81 bits per heavy atom. The Bertz CT molecular complexity index is 334. The van der Waals surface area contributed by atoms with Gasteiger partial charge in [-0.05, 0) is 38.0 Å². The second-order valence-corrected chi connectivity index (χ2v) is 6.51. The Labute approximate surface area is 102 Å². The first-order valence-corrected chi connectivity index (χ1v) is 7.11. The lowest BCUT2D eigenvalue weighted by atomic mass is 9.79. The Kier molecular flexibility index (Phi) is 3.98. The van der Waals surface area contributed by atoms with Crippen LogP contribution in [0.1, 0.15) is 43.0 Å². The number of hydrogen-bond acceptors (Lipinski definition) is 3. The lowest BCUT2D eigenvalue weighted by Gasteiger charge is -2.32. The molecule has 0 spiro atoms. The second kappa shape index (κ2) is 5.28. The Balaban J connectivity index is 1.78. The highest BCUT2D eigenvalue weighted by Crippen LogP contribution is 2.29. The summed E-state index contributed by atoms with van der Waals surface area (Å²) in [6.07, 6.45) is 6.05. The van der Waals surface area contributed by atoms with Gasteiger partial charge in [0, 0.05) is 23.7 Å².